The van der Waals surface area contributed by atoms with Gasteiger partial charge in [-0.25, -0.2) is 9.97 Å². The van der Waals surface area contributed by atoms with Crippen molar-refractivity contribution in [3.05, 3.63) is 36.7 Å². The number of carbonyl (C=O) groups excluding carboxylic acids is 2. The maximum atomic E-state index is 12.5. The average molecular weight is 438 g/mol. The molecule has 0 unspecified atom stereocenters. The van der Waals surface area contributed by atoms with Crippen LogP contribution in [0, 0.1) is 5.92 Å². The predicted octanol–water partition coefficient (Wildman–Crippen LogP) is 2.50. The third-order valence-corrected chi connectivity index (χ3v) is 6.30. The van der Waals surface area contributed by atoms with Crippen molar-refractivity contribution in [2.45, 2.75) is 32.1 Å². The molecule has 2 saturated heterocycles. The molecule has 0 spiro atoms. The van der Waals surface area contributed by atoms with Crippen molar-refractivity contribution in [2.75, 3.05) is 44.7 Å². The van der Waals surface area contributed by atoms with Crippen LogP contribution in [0.5, 0.6) is 5.75 Å². The monoisotopic (exact) mass is 437 g/mol. The van der Waals surface area contributed by atoms with Gasteiger partial charge in [0, 0.05) is 56.7 Å². The number of hydrogen-bond donors (Lipinski definition) is 1. The lowest BCUT2D eigenvalue weighted by Gasteiger charge is -2.32. The molecule has 2 aromatic rings. The first-order chi connectivity index (χ1) is 15.6. The highest BCUT2D eigenvalue weighted by Gasteiger charge is 2.26. The number of piperidine rings is 1. The summed E-state index contributed by atoms with van der Waals surface area (Å²) in [4.78, 5) is 37.2. The number of aromatic nitrogens is 2. The summed E-state index contributed by atoms with van der Waals surface area (Å²) in [6.45, 7) is 3.80. The Morgan fingerprint density at radius 3 is 2.62 bits per heavy atom. The number of anilines is 1. The van der Waals surface area contributed by atoms with E-state index in [9.17, 15) is 9.59 Å². The molecule has 8 nitrogen and oxygen atoms in total. The molecule has 2 amide bonds. The first-order valence-corrected chi connectivity index (χ1v) is 11.4. The van der Waals surface area contributed by atoms with Gasteiger partial charge in [0.15, 0.2) is 0 Å². The third kappa shape index (κ3) is 5.36. The number of carbonyl (C=O) groups is 2. The summed E-state index contributed by atoms with van der Waals surface area (Å²) >= 11 is 0. The molecule has 8 heteroatoms. The highest BCUT2D eigenvalue weighted by Crippen LogP contribution is 2.26. The van der Waals surface area contributed by atoms with Gasteiger partial charge in [0.25, 0.3) is 0 Å². The number of likely N-dealkylation sites (tertiary alicyclic amines) is 1. The molecular weight excluding hydrogens is 406 g/mol. The van der Waals surface area contributed by atoms with Crippen molar-refractivity contribution in [1.82, 2.24) is 20.2 Å². The Kier molecular flexibility index (Phi) is 7.19. The second kappa shape index (κ2) is 10.4. The number of benzene rings is 1. The van der Waals surface area contributed by atoms with Crippen LogP contribution in [0.25, 0.3) is 11.3 Å². The summed E-state index contributed by atoms with van der Waals surface area (Å²) in [5.74, 6) is 2.10. The van der Waals surface area contributed by atoms with Crippen molar-refractivity contribution in [3.63, 3.8) is 0 Å². The third-order valence-electron chi connectivity index (χ3n) is 6.30. The van der Waals surface area contributed by atoms with Gasteiger partial charge in [-0.05, 0) is 49.9 Å². The Bertz CT molecular complexity index is 925. The molecule has 0 saturated carbocycles. The SMILES string of the molecule is COc1ccc(-c2cc(N3CCC(C(=O)NCCCN4CCCC4=O)CC3)ncn2)cc1. The molecule has 1 aromatic heterocycles. The number of methoxy groups -OCH3 is 1. The highest BCUT2D eigenvalue weighted by molar-refractivity contribution is 5.79. The molecule has 2 fully saturated rings. The molecule has 0 radical (unpaired) electrons. The van der Waals surface area contributed by atoms with Gasteiger partial charge in [-0.15, -0.1) is 0 Å². The normalized spacial score (nSPS) is 17.0. The quantitative estimate of drug-likeness (QED) is 0.639. The minimum Gasteiger partial charge on any atom is -0.497 e. The van der Waals surface area contributed by atoms with Gasteiger partial charge in [-0.1, -0.05) is 0 Å². The minimum atomic E-state index is 0.0302. The van der Waals surface area contributed by atoms with Crippen LogP contribution in [0.15, 0.2) is 36.7 Å². The van der Waals surface area contributed by atoms with Gasteiger partial charge >= 0.3 is 0 Å². The Morgan fingerprint density at radius 2 is 1.94 bits per heavy atom. The molecule has 32 heavy (non-hydrogen) atoms. The van der Waals surface area contributed by atoms with Crippen LogP contribution < -0.4 is 15.0 Å². The van der Waals surface area contributed by atoms with Crippen LogP contribution >= 0.6 is 0 Å². The molecule has 0 bridgehead atoms. The number of rotatable bonds is 8. The van der Waals surface area contributed by atoms with Gasteiger partial charge in [0.1, 0.15) is 17.9 Å². The fourth-order valence-corrected chi connectivity index (χ4v) is 4.38. The van der Waals surface area contributed by atoms with E-state index in [1.165, 1.54) is 0 Å². The number of hydrogen-bond acceptors (Lipinski definition) is 6. The zero-order valence-electron chi connectivity index (χ0n) is 18.6. The van der Waals surface area contributed by atoms with Crippen LogP contribution in [-0.4, -0.2) is 66.5 Å². The van der Waals surface area contributed by atoms with E-state index in [1.54, 1.807) is 13.4 Å². The summed E-state index contributed by atoms with van der Waals surface area (Å²) in [5, 5.41) is 3.05. The number of ether oxygens (including phenoxy) is 1. The average Bonchev–Trinajstić information content (AvgIpc) is 3.26. The van der Waals surface area contributed by atoms with Crippen molar-refractivity contribution < 1.29 is 14.3 Å². The molecule has 170 valence electrons. The molecule has 2 aliphatic heterocycles. The molecule has 1 aromatic carbocycles. The summed E-state index contributed by atoms with van der Waals surface area (Å²) in [7, 11) is 1.65. The largest absolute Gasteiger partial charge is 0.497 e. The molecule has 1 N–H and O–H groups in total. The molecular formula is C24H31N5O3. The molecule has 4 rings (SSSR count). The van der Waals surface area contributed by atoms with Crippen LogP contribution in [0.1, 0.15) is 32.1 Å². The van der Waals surface area contributed by atoms with E-state index < -0.39 is 0 Å². The molecule has 0 atom stereocenters. The molecule has 0 aliphatic carbocycles. The van der Waals surface area contributed by atoms with E-state index in [0.29, 0.717) is 13.0 Å². The lowest BCUT2D eigenvalue weighted by molar-refractivity contribution is -0.127. The van der Waals surface area contributed by atoms with E-state index in [4.69, 9.17) is 4.74 Å². The first kappa shape index (κ1) is 22.0. The summed E-state index contributed by atoms with van der Waals surface area (Å²) in [5.41, 5.74) is 1.88. The van der Waals surface area contributed by atoms with Crippen molar-refractivity contribution in [2.24, 2.45) is 5.92 Å². The lowest BCUT2D eigenvalue weighted by atomic mass is 9.96. The second-order valence-electron chi connectivity index (χ2n) is 8.38. The van der Waals surface area contributed by atoms with E-state index in [1.807, 2.05) is 35.2 Å². The van der Waals surface area contributed by atoms with Gasteiger partial charge in [-0.3, -0.25) is 9.59 Å². The van der Waals surface area contributed by atoms with Crippen molar-refractivity contribution >= 4 is 17.6 Å². The topological polar surface area (TPSA) is 87.7 Å². The minimum absolute atomic E-state index is 0.0302. The maximum absolute atomic E-state index is 12.5. The molecule has 2 aliphatic rings. The Balaban J connectivity index is 1.24. The second-order valence-corrected chi connectivity index (χ2v) is 8.38. The first-order valence-electron chi connectivity index (χ1n) is 11.4. The van der Waals surface area contributed by atoms with E-state index in [2.05, 4.69) is 20.2 Å². The number of amides is 2. The van der Waals surface area contributed by atoms with Crippen LogP contribution in [0.3, 0.4) is 0 Å². The van der Waals surface area contributed by atoms with Gasteiger partial charge in [-0.2, -0.15) is 0 Å². The maximum Gasteiger partial charge on any atom is 0.223 e. The zero-order chi connectivity index (χ0) is 22.3. The van der Waals surface area contributed by atoms with Crippen LogP contribution in [0.2, 0.25) is 0 Å². The Morgan fingerprint density at radius 1 is 1.16 bits per heavy atom. The van der Waals surface area contributed by atoms with E-state index in [-0.39, 0.29) is 17.7 Å². The molecule has 3 heterocycles. The summed E-state index contributed by atoms with van der Waals surface area (Å²) < 4.78 is 5.22. The number of nitrogens with one attached hydrogen (secondary N) is 1. The van der Waals surface area contributed by atoms with Crippen LogP contribution in [0.4, 0.5) is 5.82 Å². The number of nitrogens with zero attached hydrogens (tertiary/aromatic N) is 4. The smallest absolute Gasteiger partial charge is 0.223 e. The summed E-state index contributed by atoms with van der Waals surface area (Å²) in [6.07, 6.45) is 5.64. The van der Waals surface area contributed by atoms with Gasteiger partial charge in [0.2, 0.25) is 11.8 Å². The Labute approximate surface area is 189 Å². The van der Waals surface area contributed by atoms with E-state index >= 15 is 0 Å². The van der Waals surface area contributed by atoms with Crippen molar-refractivity contribution in [1.29, 1.82) is 0 Å². The standard InChI is InChI=1S/C24H31N5O3/c1-32-20-7-5-18(6-8-20)21-16-22(27-17-26-21)28-14-9-19(10-15-28)24(31)25-11-3-13-29-12-2-4-23(29)30/h5-8,16-17,19H,2-4,9-15H2,1H3,(H,25,31). The van der Waals surface area contributed by atoms with E-state index in [0.717, 1.165) is 74.7 Å². The Hall–Kier alpha value is -3.16. The predicted molar refractivity (Wildman–Crippen MR) is 122 cm³/mol. The fourth-order valence-electron chi connectivity index (χ4n) is 4.38. The zero-order valence-corrected chi connectivity index (χ0v) is 18.6. The van der Waals surface area contributed by atoms with Gasteiger partial charge in [0.05, 0.1) is 12.8 Å². The van der Waals surface area contributed by atoms with Gasteiger partial charge < -0.3 is 19.9 Å². The van der Waals surface area contributed by atoms with Crippen molar-refractivity contribution in [3.8, 4) is 17.0 Å². The van der Waals surface area contributed by atoms with Crippen LogP contribution in [-0.2, 0) is 9.59 Å². The highest BCUT2D eigenvalue weighted by atomic mass is 16.5. The summed E-state index contributed by atoms with van der Waals surface area (Å²) in [6, 6.07) is 9.82. The lowest BCUT2D eigenvalue weighted by Crippen LogP contribution is -2.41. The fraction of sp³-hybridized carbons (Fsp3) is 0.500.